The molecule has 6 fully saturated rings. The molecule has 9 aliphatic rings. The van der Waals surface area contributed by atoms with Crippen molar-refractivity contribution in [2.45, 2.75) is 134 Å². The summed E-state index contributed by atoms with van der Waals surface area (Å²) in [6.07, 6.45) is 12.4. The number of anilines is 3. The third kappa shape index (κ3) is 18.4. The maximum absolute atomic E-state index is 14.0. The van der Waals surface area contributed by atoms with Gasteiger partial charge in [-0.25, -0.2) is 13.1 Å². The number of piperazine rings is 3. The van der Waals surface area contributed by atoms with Crippen molar-refractivity contribution in [1.29, 1.82) is 5.26 Å². The van der Waals surface area contributed by atoms with E-state index in [1.54, 1.807) is 25.8 Å². The molecule has 656 valence electrons. The van der Waals surface area contributed by atoms with Gasteiger partial charge in [0.25, 0.3) is 17.7 Å². The van der Waals surface area contributed by atoms with Gasteiger partial charge in [-0.3, -0.25) is 33.9 Å². The fraction of sp³-hybridized carbons (Fsp3) is 0.432. The molecule has 9 aromatic rings. The molecule has 4 aromatic heterocycles. The summed E-state index contributed by atoms with van der Waals surface area (Å²) in [7, 11) is 6.31. The maximum atomic E-state index is 14.0. The first-order valence-corrected chi connectivity index (χ1v) is 43.7. The summed E-state index contributed by atoms with van der Waals surface area (Å²) in [5.74, 6) is 1.38. The Balaban J connectivity index is 0.000000140. The third-order valence-corrected chi connectivity index (χ3v) is 26.4. The van der Waals surface area contributed by atoms with Gasteiger partial charge in [0, 0.05) is 110 Å². The Bertz CT molecular complexity index is 5870. The van der Waals surface area contributed by atoms with E-state index in [9.17, 15) is 34.0 Å². The van der Waals surface area contributed by atoms with Crippen LogP contribution in [0.15, 0.2) is 135 Å². The second-order valence-electron chi connectivity index (χ2n) is 34.2. The Kier molecular flexibility index (Phi) is 26.4. The summed E-state index contributed by atoms with van der Waals surface area (Å²) in [4.78, 5) is 139. The normalized spacial score (nSPS) is 20.4. The predicted molar refractivity (Wildman–Crippen MR) is 481 cm³/mol. The van der Waals surface area contributed by atoms with Crippen LogP contribution in [0.4, 0.5) is 17.5 Å². The lowest BCUT2D eigenvalue weighted by atomic mass is 9.99. The number of nitriles is 1. The molecule has 0 radical (unpaired) electrons. The molecule has 1 N–H and O–H groups in total. The van der Waals surface area contributed by atoms with E-state index in [1.807, 2.05) is 115 Å². The number of nitrogens with one attached hydrogen (secondary N) is 1. The fourth-order valence-corrected chi connectivity index (χ4v) is 19.3. The van der Waals surface area contributed by atoms with Crippen molar-refractivity contribution in [3.63, 3.8) is 0 Å². The first-order valence-electron chi connectivity index (χ1n) is 43.7. The molecule has 0 bridgehead atoms. The molecule has 5 aromatic carbocycles. The van der Waals surface area contributed by atoms with Crippen molar-refractivity contribution in [1.82, 2.24) is 84.2 Å². The van der Waals surface area contributed by atoms with Gasteiger partial charge in [-0.15, -0.1) is 0 Å². The molecule has 32 heteroatoms. The molecule has 9 aliphatic heterocycles. The predicted octanol–water partition coefficient (Wildman–Crippen LogP) is 9.48. The number of hydrogen-bond acceptors (Lipinski definition) is 23. The van der Waals surface area contributed by atoms with E-state index in [2.05, 4.69) is 96.2 Å². The summed E-state index contributed by atoms with van der Waals surface area (Å²) in [6, 6.07) is 32.6. The standard InChI is InChI=1S/C33H37N7O3.C32H35N7O3.C30H35N9O3/c1-5-29(41)40-16-15-38(18-25(40)17-34-3)31-27-19-39(32(42)26-13-7-11-23-10-6-9-22(2)30(23)26)20-28(27)35-33(36-31)43-21-24-12-8-14-37(24)4;1-4-29(40)39-16-15-37(18-24(39)17-33-2)30-27-19-38(31(41)26-13-7-10-22-9-5-6-12-25(22)26)20-28(27)34-32(35-30)42-21-23-11-8-14-36(23)3;1-4-26(40)39-13-12-37(15-20(39)9-10-31)28-23-16-38(29(41)27-19(2)7-8-24-22(27)14-32-35-24)17-25(23)33-30(34-28)42-18-21-6-5-11-36(21)3/h5-7,9-11,13,24-25H,1,8,12,14-21H2,2,4H3;4-7,9-10,12-13,23-24H,1,8,11,14-21H2,3H3;4,7-8,14,20-21H,1,5-6,9,11-13,15-18H2,2-3H3,(H,32,35)/t24-,25-;23-,24-;20-,21-/m000/s1. The molecule has 6 saturated heterocycles. The lowest BCUT2D eigenvalue weighted by Crippen LogP contribution is -2.56. The molecule has 0 unspecified atom stereocenters. The highest BCUT2D eigenvalue weighted by Crippen LogP contribution is 2.40. The van der Waals surface area contributed by atoms with Gasteiger partial charge in [-0.05, 0) is 162 Å². The largest absolute Gasteiger partial charge is 0.462 e. The number of carbonyl (C=O) groups excluding carboxylic acids is 6. The van der Waals surface area contributed by atoms with Crippen LogP contribution in [0.25, 0.3) is 42.1 Å². The van der Waals surface area contributed by atoms with Gasteiger partial charge in [0.05, 0.1) is 92.2 Å². The van der Waals surface area contributed by atoms with Crippen LogP contribution in [0.3, 0.4) is 0 Å². The van der Waals surface area contributed by atoms with Gasteiger partial charge in [0.2, 0.25) is 30.8 Å². The van der Waals surface area contributed by atoms with E-state index in [1.165, 1.54) is 18.2 Å². The fourth-order valence-electron chi connectivity index (χ4n) is 19.3. The topological polar surface area (TPSA) is 308 Å². The van der Waals surface area contributed by atoms with Crippen LogP contribution in [-0.2, 0) is 53.7 Å². The highest BCUT2D eigenvalue weighted by atomic mass is 16.5. The minimum atomic E-state index is -0.308. The molecule has 18 rings (SSSR count). The molecular formula is C95H107N23O9. The minimum absolute atomic E-state index is 0.0498. The zero-order valence-electron chi connectivity index (χ0n) is 72.8. The van der Waals surface area contributed by atoms with Gasteiger partial charge in [-0.2, -0.15) is 40.3 Å². The zero-order valence-corrected chi connectivity index (χ0v) is 72.8. The Labute approximate surface area is 739 Å². The number of likely N-dealkylation sites (tertiary alicyclic amines) is 3. The number of benzene rings is 5. The van der Waals surface area contributed by atoms with E-state index >= 15 is 0 Å². The summed E-state index contributed by atoms with van der Waals surface area (Å²) in [5, 5.41) is 21.3. The van der Waals surface area contributed by atoms with E-state index in [-0.39, 0.29) is 79.1 Å². The second-order valence-corrected chi connectivity index (χ2v) is 34.2. The number of rotatable bonds is 21. The molecule has 0 saturated carbocycles. The third-order valence-electron chi connectivity index (χ3n) is 26.4. The SMILES string of the molecule is C=CC(=O)N1CCN(c2nc(OC[C@@H]3CCCN3C)nc3c2CN(C(=O)c2c(C)ccc4[nH]ncc24)C3)C[C@@H]1CC#N.[C-]#[N+]C[C@H]1CN(c2nc(OC[C@@H]3CCCN3C)nc3c2CN(C(=O)c2cccc4cccc(C)c24)C3)CCN1C(=O)C=C.[C-]#[N+]C[C@H]1CN(c2nc(OC[C@@H]3CCCN3C)nc3c2CN(C(=O)c2cccc4ccccc24)C3)CCN1C(=O)C=C. The maximum Gasteiger partial charge on any atom is 0.318 e. The number of hydrogen-bond donors (Lipinski definition) is 1. The second kappa shape index (κ2) is 38.6. The Hall–Kier alpha value is -13.5. The van der Waals surface area contributed by atoms with Crippen molar-refractivity contribution in [3.8, 4) is 24.1 Å². The Morgan fingerprint density at radius 1 is 0.472 bits per heavy atom. The van der Waals surface area contributed by atoms with Crippen LogP contribution >= 0.6 is 0 Å². The van der Waals surface area contributed by atoms with Gasteiger partial charge in [-0.1, -0.05) is 92.5 Å². The lowest BCUT2D eigenvalue weighted by Gasteiger charge is -2.41. The Morgan fingerprint density at radius 3 is 1.34 bits per heavy atom. The van der Waals surface area contributed by atoms with Gasteiger partial charge < -0.3 is 82.7 Å². The van der Waals surface area contributed by atoms with Crippen LogP contribution in [0.5, 0.6) is 18.0 Å². The highest BCUT2D eigenvalue weighted by Gasteiger charge is 2.42. The van der Waals surface area contributed by atoms with Crippen molar-refractivity contribution in [2.24, 2.45) is 0 Å². The molecule has 0 aliphatic carbocycles. The van der Waals surface area contributed by atoms with Crippen molar-refractivity contribution in [3.05, 3.63) is 220 Å². The first-order chi connectivity index (χ1) is 61.7. The molecular weight excluding hydrogens is 1610 g/mol. The first kappa shape index (κ1) is 87.0. The van der Waals surface area contributed by atoms with Crippen molar-refractivity contribution < 1.29 is 43.0 Å². The number of nitrogens with zero attached hydrogens (tertiary/aromatic N) is 22. The van der Waals surface area contributed by atoms with Gasteiger partial charge >= 0.3 is 18.0 Å². The van der Waals surface area contributed by atoms with Crippen LogP contribution in [0.1, 0.15) is 121 Å². The number of ether oxygens (including phenoxy) is 3. The minimum Gasteiger partial charge on any atom is -0.462 e. The number of fused-ring (bicyclic) bond motifs is 6. The number of H-pyrrole nitrogens is 1. The Morgan fingerprint density at radius 2 is 0.890 bits per heavy atom. The number of aromatic amines is 1. The summed E-state index contributed by atoms with van der Waals surface area (Å²) in [5.41, 5.74) is 9.64. The summed E-state index contributed by atoms with van der Waals surface area (Å²) in [6.45, 7) is 41.2. The monoisotopic (exact) mass is 1710 g/mol. The number of amides is 6. The number of aromatic nitrogens is 8. The highest BCUT2D eigenvalue weighted by molar-refractivity contribution is 6.10. The van der Waals surface area contributed by atoms with Gasteiger partial charge in [0.15, 0.2) is 0 Å². The number of carbonyl (C=O) groups is 6. The van der Waals surface area contributed by atoms with E-state index < -0.39 is 0 Å². The van der Waals surface area contributed by atoms with Crippen LogP contribution < -0.4 is 28.9 Å². The number of likely N-dealkylation sites (N-methyl/N-ethyl adjacent to an activating group) is 3. The van der Waals surface area contributed by atoms with Crippen LogP contribution in [0, 0.1) is 38.3 Å². The van der Waals surface area contributed by atoms with E-state index in [4.69, 9.17) is 57.3 Å². The molecule has 13 heterocycles. The smallest absolute Gasteiger partial charge is 0.318 e. The van der Waals surface area contributed by atoms with E-state index in [0.29, 0.717) is 182 Å². The van der Waals surface area contributed by atoms with Crippen molar-refractivity contribution >= 4 is 85.3 Å². The average molecular weight is 1720 g/mol. The molecule has 6 atom stereocenters. The molecule has 127 heavy (non-hydrogen) atoms. The lowest BCUT2D eigenvalue weighted by molar-refractivity contribution is -0.129. The summed E-state index contributed by atoms with van der Waals surface area (Å²) < 4.78 is 18.6. The average Bonchev–Trinajstić information content (AvgIpc) is 1.63. The van der Waals surface area contributed by atoms with Crippen molar-refractivity contribution in [2.75, 3.05) is 147 Å². The molecule has 32 nitrogen and oxygen atoms in total. The van der Waals surface area contributed by atoms with Gasteiger partial charge in [0.1, 0.15) is 49.4 Å². The zero-order chi connectivity index (χ0) is 88.7. The molecule has 0 spiro atoms. The van der Waals surface area contributed by atoms with Crippen LogP contribution in [0.2, 0.25) is 0 Å². The number of aryl methyl sites for hydroxylation is 2. The quantitative estimate of drug-likeness (QED) is 0.0517. The molecule has 6 amide bonds. The van der Waals surface area contributed by atoms with Crippen LogP contribution in [-0.4, -0.2) is 288 Å². The summed E-state index contributed by atoms with van der Waals surface area (Å²) >= 11 is 0. The van der Waals surface area contributed by atoms with E-state index in [0.717, 1.165) is 136 Å².